The predicted octanol–water partition coefficient (Wildman–Crippen LogP) is 2.78. The summed E-state index contributed by atoms with van der Waals surface area (Å²) in [5.41, 5.74) is 0.245. The number of hydrogen-bond donors (Lipinski definition) is 2. The van der Waals surface area contributed by atoms with Crippen molar-refractivity contribution in [2.45, 2.75) is 38.7 Å². The van der Waals surface area contributed by atoms with Gasteiger partial charge in [0.1, 0.15) is 17.1 Å². The number of nitrogens with one attached hydrogen (secondary N) is 1. The second-order valence-electron chi connectivity index (χ2n) is 5.91. The molecular formula is C15H21NO4. The second-order valence-corrected chi connectivity index (χ2v) is 5.91. The first-order valence-corrected chi connectivity index (χ1v) is 6.78. The lowest BCUT2D eigenvalue weighted by Crippen LogP contribution is -2.35. The highest BCUT2D eigenvalue weighted by Gasteiger charge is 2.25. The van der Waals surface area contributed by atoms with Crippen LogP contribution in [0.15, 0.2) is 18.2 Å². The Kier molecular flexibility index (Phi) is 4.06. The van der Waals surface area contributed by atoms with E-state index in [0.717, 1.165) is 12.0 Å². The third-order valence-corrected chi connectivity index (χ3v) is 3.07. The molecule has 1 amide bonds. The summed E-state index contributed by atoms with van der Waals surface area (Å²) in [7, 11) is 0. The molecule has 5 nitrogen and oxygen atoms in total. The van der Waals surface area contributed by atoms with Crippen LogP contribution in [0, 0.1) is 0 Å². The van der Waals surface area contributed by atoms with Crippen molar-refractivity contribution in [3.05, 3.63) is 23.8 Å². The molecule has 0 saturated carbocycles. The maximum atomic E-state index is 11.7. The minimum absolute atomic E-state index is 0.0347. The van der Waals surface area contributed by atoms with Gasteiger partial charge < -0.3 is 19.9 Å². The van der Waals surface area contributed by atoms with Gasteiger partial charge in [0.15, 0.2) is 0 Å². The van der Waals surface area contributed by atoms with Gasteiger partial charge in [0, 0.05) is 18.0 Å². The highest BCUT2D eigenvalue weighted by molar-refractivity contribution is 5.67. The van der Waals surface area contributed by atoms with E-state index in [9.17, 15) is 9.90 Å². The third-order valence-electron chi connectivity index (χ3n) is 3.07. The number of carbonyl (C=O) groups is 1. The molecule has 0 aliphatic carbocycles. The molecule has 1 aliphatic rings. The van der Waals surface area contributed by atoms with Crippen molar-refractivity contribution < 1.29 is 19.4 Å². The molecule has 0 radical (unpaired) electrons. The number of alkyl carbamates (subject to hydrolysis) is 1. The van der Waals surface area contributed by atoms with Crippen LogP contribution in [0.2, 0.25) is 0 Å². The van der Waals surface area contributed by atoms with E-state index in [-0.39, 0.29) is 11.7 Å². The number of rotatable bonds is 2. The molecule has 0 saturated heterocycles. The number of aromatic hydroxyl groups is 1. The van der Waals surface area contributed by atoms with Crippen molar-refractivity contribution in [3.63, 3.8) is 0 Å². The van der Waals surface area contributed by atoms with Gasteiger partial charge in [-0.2, -0.15) is 0 Å². The molecule has 0 aromatic heterocycles. The fraction of sp³-hybridized carbons (Fsp3) is 0.533. The number of hydrogen-bond acceptors (Lipinski definition) is 4. The topological polar surface area (TPSA) is 67.8 Å². The Morgan fingerprint density at radius 2 is 2.25 bits per heavy atom. The van der Waals surface area contributed by atoms with E-state index in [4.69, 9.17) is 9.47 Å². The summed E-state index contributed by atoms with van der Waals surface area (Å²) in [4.78, 5) is 11.7. The number of ether oxygens (including phenoxy) is 2. The van der Waals surface area contributed by atoms with Crippen LogP contribution >= 0.6 is 0 Å². The summed E-state index contributed by atoms with van der Waals surface area (Å²) in [6.45, 7) is 6.46. The van der Waals surface area contributed by atoms with Crippen LogP contribution in [0.1, 0.15) is 38.7 Å². The first kappa shape index (κ1) is 14.5. The van der Waals surface area contributed by atoms with Crippen LogP contribution in [-0.2, 0) is 4.74 Å². The molecule has 1 heterocycles. The van der Waals surface area contributed by atoms with Gasteiger partial charge in [-0.1, -0.05) is 6.07 Å². The second kappa shape index (κ2) is 5.61. The summed E-state index contributed by atoms with van der Waals surface area (Å²) in [6.07, 6.45) is 0.307. The summed E-state index contributed by atoms with van der Waals surface area (Å²) >= 11 is 0. The summed E-state index contributed by atoms with van der Waals surface area (Å²) in [5, 5.41) is 12.7. The van der Waals surface area contributed by atoms with Gasteiger partial charge in [-0.3, -0.25) is 0 Å². The molecule has 20 heavy (non-hydrogen) atoms. The molecule has 1 aliphatic heterocycles. The lowest BCUT2D eigenvalue weighted by atomic mass is 9.92. The molecule has 1 atom stereocenters. The van der Waals surface area contributed by atoms with Crippen molar-refractivity contribution in [1.82, 2.24) is 5.32 Å². The minimum Gasteiger partial charge on any atom is -0.508 e. The Bertz CT molecular complexity index is 493. The maximum Gasteiger partial charge on any atom is 0.407 e. The van der Waals surface area contributed by atoms with Crippen LogP contribution in [0.5, 0.6) is 11.5 Å². The van der Waals surface area contributed by atoms with Crippen molar-refractivity contribution in [3.8, 4) is 11.5 Å². The van der Waals surface area contributed by atoms with Gasteiger partial charge in [0.2, 0.25) is 0 Å². The molecule has 1 unspecified atom stereocenters. The van der Waals surface area contributed by atoms with Crippen molar-refractivity contribution in [1.29, 1.82) is 0 Å². The number of fused-ring (bicyclic) bond motifs is 1. The van der Waals surface area contributed by atoms with E-state index in [1.165, 1.54) is 0 Å². The fourth-order valence-electron chi connectivity index (χ4n) is 2.25. The zero-order valence-corrected chi connectivity index (χ0v) is 12.1. The van der Waals surface area contributed by atoms with Crippen LogP contribution in [0.3, 0.4) is 0 Å². The molecule has 2 N–H and O–H groups in total. The highest BCUT2D eigenvalue weighted by Crippen LogP contribution is 2.39. The summed E-state index contributed by atoms with van der Waals surface area (Å²) in [5.74, 6) is 0.929. The zero-order valence-electron chi connectivity index (χ0n) is 12.1. The maximum absolute atomic E-state index is 11.7. The Morgan fingerprint density at radius 3 is 2.95 bits per heavy atom. The van der Waals surface area contributed by atoms with Gasteiger partial charge in [0.05, 0.1) is 6.61 Å². The van der Waals surface area contributed by atoms with Gasteiger partial charge in [-0.15, -0.1) is 0 Å². The van der Waals surface area contributed by atoms with Crippen LogP contribution < -0.4 is 10.1 Å². The van der Waals surface area contributed by atoms with E-state index in [1.807, 2.05) is 26.8 Å². The summed E-state index contributed by atoms with van der Waals surface area (Å²) in [6, 6.07) is 5.21. The van der Waals surface area contributed by atoms with Crippen LogP contribution in [0.4, 0.5) is 4.79 Å². The number of phenolic OH excluding ortho intramolecular Hbond substituents is 1. The monoisotopic (exact) mass is 279 g/mol. The zero-order chi connectivity index (χ0) is 14.8. The molecular weight excluding hydrogens is 258 g/mol. The van der Waals surface area contributed by atoms with E-state index in [2.05, 4.69) is 5.32 Å². The number of carbonyl (C=O) groups excluding carboxylic acids is 1. The standard InChI is InChI=1S/C15H21NO4/c1-15(2,3)20-14(18)16-9-10-7-8-19-12-6-4-5-11(17)13(10)12/h4-6,10,17H,7-9H2,1-3H3,(H,16,18). The van der Waals surface area contributed by atoms with Gasteiger partial charge >= 0.3 is 6.09 Å². The normalized spacial score (nSPS) is 17.9. The number of phenols is 1. The van der Waals surface area contributed by atoms with Crippen LogP contribution in [-0.4, -0.2) is 30.0 Å². The molecule has 5 heteroatoms. The Morgan fingerprint density at radius 1 is 1.50 bits per heavy atom. The molecule has 0 fully saturated rings. The van der Waals surface area contributed by atoms with E-state index >= 15 is 0 Å². The van der Waals surface area contributed by atoms with Crippen molar-refractivity contribution in [2.24, 2.45) is 0 Å². The lowest BCUT2D eigenvalue weighted by molar-refractivity contribution is 0.0521. The van der Waals surface area contributed by atoms with Gasteiger partial charge in [0.25, 0.3) is 0 Å². The first-order valence-electron chi connectivity index (χ1n) is 6.78. The highest BCUT2D eigenvalue weighted by atomic mass is 16.6. The quantitative estimate of drug-likeness (QED) is 0.873. The molecule has 0 spiro atoms. The molecule has 1 aromatic carbocycles. The van der Waals surface area contributed by atoms with Gasteiger partial charge in [-0.05, 0) is 39.3 Å². The SMILES string of the molecule is CC(C)(C)OC(=O)NCC1CCOc2cccc(O)c21. The van der Waals surface area contributed by atoms with E-state index in [0.29, 0.717) is 18.9 Å². The van der Waals surface area contributed by atoms with Crippen molar-refractivity contribution in [2.75, 3.05) is 13.2 Å². The van der Waals surface area contributed by atoms with E-state index in [1.54, 1.807) is 12.1 Å². The molecule has 1 aromatic rings. The smallest absolute Gasteiger partial charge is 0.407 e. The molecule has 110 valence electrons. The Labute approximate surface area is 118 Å². The molecule has 2 rings (SSSR count). The Hall–Kier alpha value is -1.91. The average Bonchev–Trinajstić information content (AvgIpc) is 2.34. The Balaban J connectivity index is 2.01. The summed E-state index contributed by atoms with van der Waals surface area (Å²) < 4.78 is 10.7. The van der Waals surface area contributed by atoms with Crippen LogP contribution in [0.25, 0.3) is 0 Å². The number of benzene rings is 1. The molecule has 0 bridgehead atoms. The predicted molar refractivity (Wildman–Crippen MR) is 75.2 cm³/mol. The van der Waals surface area contributed by atoms with E-state index < -0.39 is 11.7 Å². The lowest BCUT2D eigenvalue weighted by Gasteiger charge is -2.27. The van der Waals surface area contributed by atoms with Crippen molar-refractivity contribution >= 4 is 6.09 Å². The fourth-order valence-corrected chi connectivity index (χ4v) is 2.25. The van der Waals surface area contributed by atoms with Gasteiger partial charge in [-0.25, -0.2) is 4.79 Å². The third kappa shape index (κ3) is 3.56. The minimum atomic E-state index is -0.514. The average molecular weight is 279 g/mol. The first-order chi connectivity index (χ1) is 9.37. The largest absolute Gasteiger partial charge is 0.508 e. The number of amides is 1.